The van der Waals surface area contributed by atoms with Crippen LogP contribution in [0.2, 0.25) is 0 Å². The number of carbonyl (C=O) groups is 2. The molecule has 20 heavy (non-hydrogen) atoms. The molecule has 0 bridgehead atoms. The summed E-state index contributed by atoms with van der Waals surface area (Å²) in [4.78, 5) is 26.0. The third-order valence-electron chi connectivity index (χ3n) is 4.38. The zero-order valence-corrected chi connectivity index (χ0v) is 13.1. The Kier molecular flexibility index (Phi) is 6.46. The second-order valence-electron chi connectivity index (χ2n) is 6.06. The lowest BCUT2D eigenvalue weighted by Gasteiger charge is -2.34. The molecular formula is C15H29N3O2. The SMILES string of the molecule is CCC(C)(CC(C)N1CCCC1=O)C(=O)NCCCN. The Morgan fingerprint density at radius 1 is 1.55 bits per heavy atom. The molecule has 2 amide bonds. The molecule has 0 saturated carbocycles. The maximum Gasteiger partial charge on any atom is 0.226 e. The lowest BCUT2D eigenvalue weighted by Crippen LogP contribution is -2.45. The highest BCUT2D eigenvalue weighted by Gasteiger charge is 2.36. The zero-order valence-electron chi connectivity index (χ0n) is 13.1. The largest absolute Gasteiger partial charge is 0.356 e. The second-order valence-corrected chi connectivity index (χ2v) is 6.06. The van der Waals surface area contributed by atoms with Gasteiger partial charge in [-0.15, -0.1) is 0 Å². The summed E-state index contributed by atoms with van der Waals surface area (Å²) in [5, 5.41) is 2.96. The number of hydrogen-bond donors (Lipinski definition) is 2. The standard InChI is InChI=1S/C15H29N3O2/c1-4-15(3,14(20)17-9-6-8-16)11-12(2)18-10-5-7-13(18)19/h12H,4-11,16H2,1-3H3,(H,17,20). The molecule has 5 heteroatoms. The minimum Gasteiger partial charge on any atom is -0.356 e. The van der Waals surface area contributed by atoms with Crippen molar-refractivity contribution in [2.24, 2.45) is 11.1 Å². The predicted octanol–water partition coefficient (Wildman–Crippen LogP) is 1.27. The van der Waals surface area contributed by atoms with Gasteiger partial charge in [0.2, 0.25) is 11.8 Å². The maximum atomic E-state index is 12.3. The first-order valence-corrected chi connectivity index (χ1v) is 7.72. The quantitative estimate of drug-likeness (QED) is 0.659. The number of nitrogens with two attached hydrogens (primary N) is 1. The third kappa shape index (κ3) is 4.20. The Hall–Kier alpha value is -1.10. The highest BCUT2D eigenvalue weighted by Crippen LogP contribution is 2.30. The molecule has 3 N–H and O–H groups in total. The Balaban J connectivity index is 2.58. The van der Waals surface area contributed by atoms with Crippen molar-refractivity contribution in [1.82, 2.24) is 10.2 Å². The summed E-state index contributed by atoms with van der Waals surface area (Å²) >= 11 is 0. The molecule has 1 saturated heterocycles. The van der Waals surface area contributed by atoms with Gasteiger partial charge < -0.3 is 16.0 Å². The lowest BCUT2D eigenvalue weighted by atomic mass is 9.80. The zero-order chi connectivity index (χ0) is 15.2. The first kappa shape index (κ1) is 17.0. The van der Waals surface area contributed by atoms with Gasteiger partial charge in [0.1, 0.15) is 0 Å². The van der Waals surface area contributed by atoms with E-state index in [0.717, 1.165) is 25.8 Å². The Bertz CT molecular complexity index is 346. The van der Waals surface area contributed by atoms with E-state index in [0.29, 0.717) is 25.9 Å². The summed E-state index contributed by atoms with van der Waals surface area (Å²) in [6.07, 6.45) is 3.87. The van der Waals surface area contributed by atoms with Crippen molar-refractivity contribution in [3.8, 4) is 0 Å². The van der Waals surface area contributed by atoms with Crippen LogP contribution in [0.25, 0.3) is 0 Å². The summed E-state index contributed by atoms with van der Waals surface area (Å²) in [6.45, 7) is 8.10. The first-order chi connectivity index (χ1) is 9.44. The van der Waals surface area contributed by atoms with Gasteiger partial charge in [0.15, 0.2) is 0 Å². The monoisotopic (exact) mass is 283 g/mol. The van der Waals surface area contributed by atoms with E-state index in [4.69, 9.17) is 5.73 Å². The van der Waals surface area contributed by atoms with E-state index in [1.807, 2.05) is 25.7 Å². The summed E-state index contributed by atoms with van der Waals surface area (Å²) in [6, 6.07) is 0.121. The number of amides is 2. The van der Waals surface area contributed by atoms with Gasteiger partial charge in [0.05, 0.1) is 0 Å². The van der Waals surface area contributed by atoms with Crippen LogP contribution in [0.15, 0.2) is 0 Å². The highest BCUT2D eigenvalue weighted by molar-refractivity contribution is 5.82. The Morgan fingerprint density at radius 2 is 2.25 bits per heavy atom. The van der Waals surface area contributed by atoms with Crippen LogP contribution in [0.3, 0.4) is 0 Å². The molecular weight excluding hydrogens is 254 g/mol. The molecule has 2 atom stereocenters. The van der Waals surface area contributed by atoms with Gasteiger partial charge >= 0.3 is 0 Å². The molecule has 0 radical (unpaired) electrons. The fourth-order valence-electron chi connectivity index (χ4n) is 2.81. The third-order valence-corrected chi connectivity index (χ3v) is 4.38. The number of hydrogen-bond acceptors (Lipinski definition) is 3. The molecule has 1 fully saturated rings. The molecule has 2 unspecified atom stereocenters. The number of nitrogens with one attached hydrogen (secondary N) is 1. The maximum absolute atomic E-state index is 12.3. The highest BCUT2D eigenvalue weighted by atomic mass is 16.2. The van der Waals surface area contributed by atoms with Gasteiger partial charge in [-0.3, -0.25) is 9.59 Å². The van der Waals surface area contributed by atoms with Crippen LogP contribution in [0.5, 0.6) is 0 Å². The topological polar surface area (TPSA) is 75.4 Å². The Morgan fingerprint density at radius 3 is 2.75 bits per heavy atom. The van der Waals surface area contributed by atoms with Crippen LogP contribution in [0, 0.1) is 5.41 Å². The molecule has 0 aliphatic carbocycles. The summed E-state index contributed by atoms with van der Waals surface area (Å²) < 4.78 is 0. The molecule has 0 aromatic carbocycles. The minimum atomic E-state index is -0.420. The van der Waals surface area contributed by atoms with E-state index in [2.05, 4.69) is 5.32 Å². The number of carbonyl (C=O) groups excluding carboxylic acids is 2. The molecule has 116 valence electrons. The van der Waals surface area contributed by atoms with Gasteiger partial charge in [-0.25, -0.2) is 0 Å². The lowest BCUT2D eigenvalue weighted by molar-refractivity contribution is -0.135. The van der Waals surface area contributed by atoms with Crippen molar-refractivity contribution in [2.75, 3.05) is 19.6 Å². The molecule has 0 spiro atoms. The smallest absolute Gasteiger partial charge is 0.226 e. The van der Waals surface area contributed by atoms with Gasteiger partial charge in [0.25, 0.3) is 0 Å². The summed E-state index contributed by atoms with van der Waals surface area (Å²) in [7, 11) is 0. The van der Waals surface area contributed by atoms with Gasteiger partial charge in [-0.1, -0.05) is 13.8 Å². The van der Waals surface area contributed by atoms with Crippen molar-refractivity contribution in [3.05, 3.63) is 0 Å². The molecule has 1 heterocycles. The first-order valence-electron chi connectivity index (χ1n) is 7.72. The van der Waals surface area contributed by atoms with Crippen molar-refractivity contribution < 1.29 is 9.59 Å². The van der Waals surface area contributed by atoms with Gasteiger partial charge in [0, 0.05) is 31.0 Å². The molecule has 1 aliphatic rings. The summed E-state index contributed by atoms with van der Waals surface area (Å²) in [5.74, 6) is 0.298. The summed E-state index contributed by atoms with van der Waals surface area (Å²) in [5.41, 5.74) is 5.02. The van der Waals surface area contributed by atoms with Crippen molar-refractivity contribution >= 4 is 11.8 Å². The van der Waals surface area contributed by atoms with E-state index in [9.17, 15) is 9.59 Å². The van der Waals surface area contributed by atoms with Crippen LogP contribution < -0.4 is 11.1 Å². The molecule has 0 aromatic rings. The fraction of sp³-hybridized carbons (Fsp3) is 0.867. The Labute approximate surface area is 122 Å². The normalized spacial score (nSPS) is 19.8. The minimum absolute atomic E-state index is 0.0759. The van der Waals surface area contributed by atoms with E-state index in [1.165, 1.54) is 0 Å². The van der Waals surface area contributed by atoms with Crippen LogP contribution >= 0.6 is 0 Å². The molecule has 5 nitrogen and oxygen atoms in total. The predicted molar refractivity (Wildman–Crippen MR) is 80.1 cm³/mol. The fourth-order valence-corrected chi connectivity index (χ4v) is 2.81. The van der Waals surface area contributed by atoms with Crippen LogP contribution in [-0.2, 0) is 9.59 Å². The average molecular weight is 283 g/mol. The van der Waals surface area contributed by atoms with E-state index in [-0.39, 0.29) is 17.9 Å². The van der Waals surface area contributed by atoms with Crippen molar-refractivity contribution in [2.45, 2.75) is 58.9 Å². The van der Waals surface area contributed by atoms with E-state index in [1.54, 1.807) is 0 Å². The van der Waals surface area contributed by atoms with Gasteiger partial charge in [-0.2, -0.15) is 0 Å². The molecule has 1 aliphatic heterocycles. The molecule has 0 aromatic heterocycles. The number of nitrogens with zero attached hydrogens (tertiary/aromatic N) is 1. The molecule has 1 rings (SSSR count). The number of likely N-dealkylation sites (tertiary alicyclic amines) is 1. The van der Waals surface area contributed by atoms with Crippen molar-refractivity contribution in [1.29, 1.82) is 0 Å². The van der Waals surface area contributed by atoms with Gasteiger partial charge in [-0.05, 0) is 39.2 Å². The van der Waals surface area contributed by atoms with E-state index < -0.39 is 5.41 Å². The number of rotatable bonds is 8. The van der Waals surface area contributed by atoms with Crippen LogP contribution in [0.4, 0.5) is 0 Å². The van der Waals surface area contributed by atoms with E-state index >= 15 is 0 Å². The van der Waals surface area contributed by atoms with Crippen molar-refractivity contribution in [3.63, 3.8) is 0 Å². The average Bonchev–Trinajstić information content (AvgIpc) is 2.85. The second kappa shape index (κ2) is 7.62. The van der Waals surface area contributed by atoms with Crippen LogP contribution in [-0.4, -0.2) is 42.4 Å². The van der Waals surface area contributed by atoms with Crippen LogP contribution in [0.1, 0.15) is 52.9 Å².